The van der Waals surface area contributed by atoms with E-state index in [-0.39, 0.29) is 0 Å². The number of hydrogen-bond donors (Lipinski definition) is 1. The average Bonchev–Trinajstić information content (AvgIpc) is 2.84. The fourth-order valence-electron chi connectivity index (χ4n) is 4.74. The van der Waals surface area contributed by atoms with Gasteiger partial charge < -0.3 is 14.5 Å². The Morgan fingerprint density at radius 1 is 1.37 bits per heavy atom. The Morgan fingerprint density at radius 2 is 2.16 bits per heavy atom. The van der Waals surface area contributed by atoms with Gasteiger partial charge in [-0.1, -0.05) is 0 Å². The first-order chi connectivity index (χ1) is 9.40. The van der Waals surface area contributed by atoms with Crippen LogP contribution >= 0.6 is 0 Å². The molecule has 1 N–H and O–H groups in total. The maximum atomic E-state index is 5.72. The van der Waals surface area contributed by atoms with E-state index in [9.17, 15) is 0 Å². The van der Waals surface area contributed by atoms with Crippen LogP contribution in [0.1, 0.15) is 36.6 Å². The molecule has 3 aliphatic carbocycles. The summed E-state index contributed by atoms with van der Waals surface area (Å²) in [5.74, 6) is 5.68. The van der Waals surface area contributed by atoms with Crippen LogP contribution in [0, 0.1) is 23.7 Å². The van der Waals surface area contributed by atoms with Crippen molar-refractivity contribution >= 4 is 0 Å². The summed E-state index contributed by atoms with van der Waals surface area (Å²) in [7, 11) is 1.73. The van der Waals surface area contributed by atoms with Crippen molar-refractivity contribution in [1.82, 2.24) is 10.3 Å². The van der Waals surface area contributed by atoms with Gasteiger partial charge in [0.25, 0.3) is 0 Å². The molecular formula is C15H22N2O2. The van der Waals surface area contributed by atoms with Crippen LogP contribution in [0.4, 0.5) is 0 Å². The molecule has 0 aromatic carbocycles. The van der Waals surface area contributed by atoms with E-state index in [1.807, 2.05) is 0 Å². The molecule has 0 aliphatic heterocycles. The monoisotopic (exact) mass is 262 g/mol. The first-order valence-corrected chi connectivity index (χ1v) is 7.52. The van der Waals surface area contributed by atoms with Gasteiger partial charge in [-0.05, 0) is 42.9 Å². The maximum absolute atomic E-state index is 5.72. The van der Waals surface area contributed by atoms with Crippen molar-refractivity contribution in [1.29, 1.82) is 0 Å². The van der Waals surface area contributed by atoms with E-state index in [4.69, 9.17) is 9.15 Å². The summed E-state index contributed by atoms with van der Waals surface area (Å²) in [5, 5.41) is 3.37. The van der Waals surface area contributed by atoms with Crippen molar-refractivity contribution in [3.05, 3.63) is 17.8 Å². The Hall–Kier alpha value is -0.870. The minimum Gasteiger partial charge on any atom is -0.448 e. The van der Waals surface area contributed by atoms with Crippen molar-refractivity contribution in [3.63, 3.8) is 0 Å². The van der Waals surface area contributed by atoms with Crippen LogP contribution in [0.3, 0.4) is 0 Å². The zero-order chi connectivity index (χ0) is 12.8. The highest BCUT2D eigenvalue weighted by Gasteiger charge is 2.66. The zero-order valence-corrected chi connectivity index (χ0v) is 11.5. The molecule has 4 heteroatoms. The Kier molecular flexibility index (Phi) is 2.88. The fraction of sp³-hybridized carbons (Fsp3) is 0.800. The minimum absolute atomic E-state index is 0.688. The molecule has 3 aliphatic rings. The molecule has 4 nitrogen and oxygen atoms in total. The van der Waals surface area contributed by atoms with Gasteiger partial charge in [-0.25, -0.2) is 4.98 Å². The van der Waals surface area contributed by atoms with Crippen LogP contribution in [0.15, 0.2) is 10.8 Å². The summed E-state index contributed by atoms with van der Waals surface area (Å²) in [5.41, 5.74) is 1.12. The van der Waals surface area contributed by atoms with Gasteiger partial charge in [-0.2, -0.15) is 0 Å². The number of aromatic nitrogens is 1. The van der Waals surface area contributed by atoms with Crippen molar-refractivity contribution in [2.75, 3.05) is 20.3 Å². The lowest BCUT2D eigenvalue weighted by Crippen LogP contribution is -2.19. The van der Waals surface area contributed by atoms with Crippen molar-refractivity contribution < 1.29 is 9.15 Å². The molecule has 1 aromatic heterocycles. The molecule has 0 radical (unpaired) electrons. The predicted molar refractivity (Wildman–Crippen MR) is 70.6 cm³/mol. The normalized spacial score (nSPS) is 38.7. The molecule has 104 valence electrons. The molecule has 3 fully saturated rings. The highest BCUT2D eigenvalue weighted by molar-refractivity contribution is 5.29. The average molecular weight is 262 g/mol. The number of methoxy groups -OCH3 is 1. The van der Waals surface area contributed by atoms with Gasteiger partial charge in [0.2, 0.25) is 0 Å². The lowest BCUT2D eigenvalue weighted by atomic mass is 10.00. The summed E-state index contributed by atoms with van der Waals surface area (Å²) in [6.07, 6.45) is 6.02. The number of hydrogen-bond acceptors (Lipinski definition) is 4. The van der Waals surface area contributed by atoms with Gasteiger partial charge in [0, 0.05) is 26.1 Å². The van der Waals surface area contributed by atoms with E-state index >= 15 is 0 Å². The SMILES string of the molecule is COCCNCc1ncoc1C1C2C3CCC(C3)C12. The molecule has 0 amide bonds. The molecule has 4 rings (SSSR count). The molecule has 4 unspecified atom stereocenters. The topological polar surface area (TPSA) is 47.3 Å². The summed E-state index contributed by atoms with van der Waals surface area (Å²) >= 11 is 0. The third-order valence-corrected chi connectivity index (χ3v) is 5.49. The second kappa shape index (κ2) is 4.60. The number of fused-ring (bicyclic) bond motifs is 5. The zero-order valence-electron chi connectivity index (χ0n) is 11.5. The van der Waals surface area contributed by atoms with E-state index < -0.39 is 0 Å². The third kappa shape index (κ3) is 1.84. The van der Waals surface area contributed by atoms with Crippen molar-refractivity contribution in [2.24, 2.45) is 23.7 Å². The molecule has 19 heavy (non-hydrogen) atoms. The summed E-state index contributed by atoms with van der Waals surface area (Å²) in [6.45, 7) is 2.41. The Balaban J connectivity index is 1.41. The van der Waals surface area contributed by atoms with Crippen LogP contribution in [0.25, 0.3) is 0 Å². The molecule has 4 atom stereocenters. The highest BCUT2D eigenvalue weighted by atomic mass is 16.5. The Bertz CT molecular complexity index is 443. The lowest BCUT2D eigenvalue weighted by molar-refractivity contribution is 0.199. The van der Waals surface area contributed by atoms with Crippen molar-refractivity contribution in [2.45, 2.75) is 31.7 Å². The van der Waals surface area contributed by atoms with Gasteiger partial charge in [-0.3, -0.25) is 0 Å². The number of nitrogens with zero attached hydrogens (tertiary/aromatic N) is 1. The van der Waals surface area contributed by atoms with Crippen LogP contribution in [-0.4, -0.2) is 25.2 Å². The van der Waals surface area contributed by atoms with Gasteiger partial charge in [0.15, 0.2) is 6.39 Å². The van der Waals surface area contributed by atoms with Gasteiger partial charge >= 0.3 is 0 Å². The largest absolute Gasteiger partial charge is 0.448 e. The Labute approximate surface area is 113 Å². The number of rotatable bonds is 6. The van der Waals surface area contributed by atoms with Gasteiger partial charge in [-0.15, -0.1) is 0 Å². The highest BCUT2D eigenvalue weighted by Crippen LogP contribution is 2.73. The van der Waals surface area contributed by atoms with E-state index in [2.05, 4.69) is 10.3 Å². The quantitative estimate of drug-likeness (QED) is 0.798. The van der Waals surface area contributed by atoms with Crippen LogP contribution in [-0.2, 0) is 11.3 Å². The Morgan fingerprint density at radius 3 is 2.89 bits per heavy atom. The number of oxazole rings is 1. The van der Waals surface area contributed by atoms with E-state index in [1.165, 1.54) is 25.0 Å². The van der Waals surface area contributed by atoms with Crippen molar-refractivity contribution in [3.8, 4) is 0 Å². The van der Waals surface area contributed by atoms with E-state index in [0.29, 0.717) is 5.92 Å². The van der Waals surface area contributed by atoms with Crippen LogP contribution in [0.2, 0.25) is 0 Å². The predicted octanol–water partition coefficient (Wildman–Crippen LogP) is 2.17. The molecule has 2 bridgehead atoms. The molecule has 0 saturated heterocycles. The molecule has 0 spiro atoms. The molecule has 1 heterocycles. The summed E-state index contributed by atoms with van der Waals surface area (Å²) in [6, 6.07) is 0. The molecule has 1 aromatic rings. The maximum Gasteiger partial charge on any atom is 0.181 e. The lowest BCUT2D eigenvalue weighted by Gasteiger charge is -2.08. The fourth-order valence-corrected chi connectivity index (χ4v) is 4.74. The summed E-state index contributed by atoms with van der Waals surface area (Å²) in [4.78, 5) is 4.40. The minimum atomic E-state index is 0.688. The van der Waals surface area contributed by atoms with Crippen LogP contribution < -0.4 is 5.32 Å². The standard InChI is InChI=1S/C15H22N2O2/c1-18-5-4-16-7-11-15(19-8-17-11)14-12-9-2-3-10(6-9)13(12)14/h8-10,12-14,16H,2-7H2,1H3. The first kappa shape index (κ1) is 11.9. The number of ether oxygens (including phenoxy) is 1. The molecular weight excluding hydrogens is 240 g/mol. The van der Waals surface area contributed by atoms with Crippen LogP contribution in [0.5, 0.6) is 0 Å². The summed E-state index contributed by atoms with van der Waals surface area (Å²) < 4.78 is 10.8. The number of nitrogens with one attached hydrogen (secondary N) is 1. The first-order valence-electron chi connectivity index (χ1n) is 7.52. The van der Waals surface area contributed by atoms with Gasteiger partial charge in [0.1, 0.15) is 5.76 Å². The van der Waals surface area contributed by atoms with Gasteiger partial charge in [0.05, 0.1) is 12.3 Å². The second-order valence-corrected chi connectivity index (χ2v) is 6.35. The second-order valence-electron chi connectivity index (χ2n) is 6.35. The molecule has 3 saturated carbocycles. The van der Waals surface area contributed by atoms with E-state index in [0.717, 1.165) is 49.1 Å². The van der Waals surface area contributed by atoms with E-state index in [1.54, 1.807) is 13.5 Å². The smallest absolute Gasteiger partial charge is 0.181 e. The third-order valence-electron chi connectivity index (χ3n) is 5.49.